The highest BCUT2D eigenvalue weighted by Gasteiger charge is 2.47. The molecule has 1 saturated heterocycles. The fourth-order valence-corrected chi connectivity index (χ4v) is 1.58. The number of cyclic esters (lactones) is 1. The molecule has 1 aromatic carbocycles. The number of ether oxygens (including phenoxy) is 1. The van der Waals surface area contributed by atoms with Crippen LogP contribution in [0.2, 0.25) is 0 Å². The number of alkyl carbamates (subject to hydrolysis) is 1. The number of nitrogens with one attached hydrogen (secondary N) is 1. The third-order valence-electron chi connectivity index (χ3n) is 2.30. The third-order valence-corrected chi connectivity index (χ3v) is 2.30. The van der Waals surface area contributed by atoms with Crippen LogP contribution in [0, 0.1) is 11.6 Å². The van der Waals surface area contributed by atoms with Gasteiger partial charge in [0, 0.05) is 6.07 Å². The molecule has 0 unspecified atom stereocenters. The standard InChI is InChI=1S/C10H7F4NO2.ClH/c11-6-1-5(2-7(12)3-6)8-10(13,14)4-17-9(16)15-8;/h1-3,8H,4H2,(H,15,16);1H/t8-;/m0./s1. The highest BCUT2D eigenvalue weighted by Crippen LogP contribution is 2.34. The van der Waals surface area contributed by atoms with Gasteiger partial charge in [-0.25, -0.2) is 22.4 Å². The number of hydrogen-bond donors (Lipinski definition) is 1. The molecule has 1 heterocycles. The Morgan fingerprint density at radius 3 is 2.33 bits per heavy atom. The number of hydrogen-bond acceptors (Lipinski definition) is 2. The summed E-state index contributed by atoms with van der Waals surface area (Å²) >= 11 is 0. The van der Waals surface area contributed by atoms with Crippen LogP contribution in [-0.2, 0) is 4.74 Å². The van der Waals surface area contributed by atoms with Gasteiger partial charge in [0.1, 0.15) is 17.7 Å². The van der Waals surface area contributed by atoms with Crippen LogP contribution in [0.4, 0.5) is 22.4 Å². The fraction of sp³-hybridized carbons (Fsp3) is 0.300. The van der Waals surface area contributed by atoms with E-state index in [4.69, 9.17) is 0 Å². The summed E-state index contributed by atoms with van der Waals surface area (Å²) in [6, 6.07) is 0.248. The first-order valence-corrected chi connectivity index (χ1v) is 4.65. The maximum atomic E-state index is 13.4. The molecule has 1 atom stereocenters. The predicted octanol–water partition coefficient (Wildman–Crippen LogP) is 2.80. The first-order chi connectivity index (χ1) is 7.88. The molecule has 0 radical (unpaired) electrons. The van der Waals surface area contributed by atoms with Gasteiger partial charge in [0.2, 0.25) is 0 Å². The second kappa shape index (κ2) is 5.01. The van der Waals surface area contributed by atoms with Crippen molar-refractivity contribution in [2.45, 2.75) is 12.0 Å². The van der Waals surface area contributed by atoms with Crippen LogP contribution in [0.3, 0.4) is 0 Å². The number of amides is 1. The summed E-state index contributed by atoms with van der Waals surface area (Å²) in [4.78, 5) is 10.9. The lowest BCUT2D eigenvalue weighted by molar-refractivity contribution is -0.104. The minimum absolute atomic E-state index is 0. The van der Waals surface area contributed by atoms with Gasteiger partial charge in [0.05, 0.1) is 0 Å². The van der Waals surface area contributed by atoms with Crippen molar-refractivity contribution in [1.82, 2.24) is 5.32 Å². The number of carbonyl (C=O) groups excluding carboxylic acids is 1. The Balaban J connectivity index is 0.00000162. The average molecular weight is 286 g/mol. The number of carbonyl (C=O) groups is 1. The van der Waals surface area contributed by atoms with Crippen LogP contribution in [0.5, 0.6) is 0 Å². The molecule has 1 aliphatic rings. The van der Waals surface area contributed by atoms with Crippen molar-refractivity contribution in [2.24, 2.45) is 0 Å². The largest absolute Gasteiger partial charge is 0.443 e. The molecule has 18 heavy (non-hydrogen) atoms. The third kappa shape index (κ3) is 2.84. The van der Waals surface area contributed by atoms with E-state index in [0.29, 0.717) is 6.07 Å². The van der Waals surface area contributed by atoms with Crippen LogP contribution >= 0.6 is 12.4 Å². The van der Waals surface area contributed by atoms with Gasteiger partial charge in [0.15, 0.2) is 6.61 Å². The maximum Gasteiger partial charge on any atom is 0.408 e. The molecule has 1 aliphatic heterocycles. The van der Waals surface area contributed by atoms with Gasteiger partial charge in [-0.05, 0) is 17.7 Å². The fourth-order valence-electron chi connectivity index (χ4n) is 1.58. The van der Waals surface area contributed by atoms with Gasteiger partial charge in [-0.3, -0.25) is 0 Å². The molecule has 0 aromatic heterocycles. The van der Waals surface area contributed by atoms with Crippen molar-refractivity contribution in [3.8, 4) is 0 Å². The van der Waals surface area contributed by atoms with E-state index in [-0.39, 0.29) is 18.0 Å². The van der Waals surface area contributed by atoms with Crippen molar-refractivity contribution in [3.05, 3.63) is 35.4 Å². The Labute approximate surface area is 106 Å². The number of benzene rings is 1. The average Bonchev–Trinajstić information content (AvgIpc) is 2.20. The lowest BCUT2D eigenvalue weighted by Crippen LogP contribution is -2.49. The Hall–Kier alpha value is -1.50. The van der Waals surface area contributed by atoms with Crippen molar-refractivity contribution >= 4 is 18.5 Å². The van der Waals surface area contributed by atoms with Crippen molar-refractivity contribution < 1.29 is 27.1 Å². The number of rotatable bonds is 1. The van der Waals surface area contributed by atoms with Gasteiger partial charge in [-0.2, -0.15) is 0 Å². The van der Waals surface area contributed by atoms with Gasteiger partial charge in [-0.15, -0.1) is 12.4 Å². The monoisotopic (exact) mass is 285 g/mol. The van der Waals surface area contributed by atoms with E-state index in [1.54, 1.807) is 0 Å². The molecule has 8 heteroatoms. The van der Waals surface area contributed by atoms with Crippen LogP contribution in [0.25, 0.3) is 0 Å². The van der Waals surface area contributed by atoms with Gasteiger partial charge in [0.25, 0.3) is 0 Å². The zero-order valence-corrected chi connectivity index (χ0v) is 9.57. The minimum atomic E-state index is -3.42. The molecule has 0 aliphatic carbocycles. The van der Waals surface area contributed by atoms with E-state index in [9.17, 15) is 22.4 Å². The Bertz CT molecular complexity index is 449. The van der Waals surface area contributed by atoms with Crippen molar-refractivity contribution in [1.29, 1.82) is 0 Å². The summed E-state index contributed by atoms with van der Waals surface area (Å²) in [6.07, 6.45) is -1.05. The second-order valence-electron chi connectivity index (χ2n) is 3.62. The molecule has 2 rings (SSSR count). The Morgan fingerprint density at radius 2 is 1.78 bits per heavy atom. The minimum Gasteiger partial charge on any atom is -0.443 e. The zero-order valence-electron chi connectivity index (χ0n) is 8.75. The van der Waals surface area contributed by atoms with Crippen LogP contribution < -0.4 is 5.32 Å². The van der Waals surface area contributed by atoms with Crippen molar-refractivity contribution in [2.75, 3.05) is 6.61 Å². The number of alkyl halides is 2. The van der Waals surface area contributed by atoms with Gasteiger partial charge < -0.3 is 10.1 Å². The highest BCUT2D eigenvalue weighted by atomic mass is 35.5. The Morgan fingerprint density at radius 1 is 1.22 bits per heavy atom. The topological polar surface area (TPSA) is 38.3 Å². The molecule has 3 nitrogen and oxygen atoms in total. The summed E-state index contributed by atoms with van der Waals surface area (Å²) in [5.41, 5.74) is -0.343. The summed E-state index contributed by atoms with van der Waals surface area (Å²) in [7, 11) is 0. The molecule has 100 valence electrons. The van der Waals surface area contributed by atoms with E-state index in [2.05, 4.69) is 4.74 Å². The van der Waals surface area contributed by atoms with Crippen LogP contribution in [0.15, 0.2) is 18.2 Å². The van der Waals surface area contributed by atoms with Gasteiger partial charge >= 0.3 is 12.0 Å². The quantitative estimate of drug-likeness (QED) is 0.806. The summed E-state index contributed by atoms with van der Waals surface area (Å²) in [5.74, 6) is -5.40. The molecule has 1 fully saturated rings. The smallest absolute Gasteiger partial charge is 0.408 e. The van der Waals surface area contributed by atoms with Crippen LogP contribution in [0.1, 0.15) is 11.6 Å². The van der Waals surface area contributed by atoms with E-state index < -0.39 is 36.3 Å². The Kier molecular flexibility index (Phi) is 4.05. The van der Waals surface area contributed by atoms with E-state index in [1.807, 2.05) is 5.32 Å². The molecular formula is C10H8ClF4NO2. The molecule has 0 spiro atoms. The van der Waals surface area contributed by atoms with Crippen molar-refractivity contribution in [3.63, 3.8) is 0 Å². The first-order valence-electron chi connectivity index (χ1n) is 4.65. The molecular weight excluding hydrogens is 278 g/mol. The van der Waals surface area contributed by atoms with E-state index in [1.165, 1.54) is 0 Å². The molecule has 1 amide bonds. The van der Waals surface area contributed by atoms with E-state index in [0.717, 1.165) is 12.1 Å². The SMILES string of the molecule is Cl.O=C1N[C@@H](c2cc(F)cc(F)c2)C(F)(F)CO1. The van der Waals surface area contributed by atoms with E-state index >= 15 is 0 Å². The van der Waals surface area contributed by atoms with Gasteiger partial charge in [-0.1, -0.05) is 0 Å². The molecule has 0 saturated carbocycles. The lowest BCUT2D eigenvalue weighted by atomic mass is 10.00. The highest BCUT2D eigenvalue weighted by molar-refractivity contribution is 5.85. The first kappa shape index (κ1) is 14.6. The molecule has 1 N–H and O–H groups in total. The lowest BCUT2D eigenvalue weighted by Gasteiger charge is -2.31. The predicted molar refractivity (Wildman–Crippen MR) is 55.8 cm³/mol. The number of halogens is 5. The zero-order chi connectivity index (χ0) is 12.6. The summed E-state index contributed by atoms with van der Waals surface area (Å²) in [5, 5.41) is 1.83. The summed E-state index contributed by atoms with van der Waals surface area (Å²) in [6.45, 7) is -1.12. The normalized spacial score (nSPS) is 21.6. The molecule has 0 bridgehead atoms. The summed E-state index contributed by atoms with van der Waals surface area (Å²) < 4.78 is 56.7. The maximum absolute atomic E-state index is 13.4. The second-order valence-corrected chi connectivity index (χ2v) is 3.62. The molecule has 1 aromatic rings. The van der Waals surface area contributed by atoms with Crippen LogP contribution in [-0.4, -0.2) is 18.6 Å².